The predicted molar refractivity (Wildman–Crippen MR) is 69.2 cm³/mol. The lowest BCUT2D eigenvalue weighted by Gasteiger charge is -2.12. The van der Waals surface area contributed by atoms with E-state index in [1.807, 2.05) is 0 Å². The zero-order valence-electron chi connectivity index (χ0n) is 9.70. The molecule has 1 unspecified atom stereocenters. The number of ether oxygens (including phenoxy) is 1. The Hall–Kier alpha value is -1.36. The number of hydrogen-bond donors (Lipinski definition) is 1. The molecular formula is C12H14BrNO3. The highest BCUT2D eigenvalue weighted by Crippen LogP contribution is 2.30. The first-order valence-corrected chi connectivity index (χ1v) is 6.10. The third-order valence-corrected chi connectivity index (χ3v) is 3.40. The molecule has 0 radical (unpaired) electrons. The van der Waals surface area contributed by atoms with Crippen molar-refractivity contribution in [3.05, 3.63) is 29.3 Å². The Morgan fingerprint density at radius 2 is 2.12 bits per heavy atom. The first-order valence-electron chi connectivity index (χ1n) is 5.19. The molecule has 1 aromatic rings. The molecule has 1 aromatic carbocycles. The van der Waals surface area contributed by atoms with E-state index in [2.05, 4.69) is 15.9 Å². The summed E-state index contributed by atoms with van der Waals surface area (Å²) in [7, 11) is 0. The number of ketones is 1. The summed E-state index contributed by atoms with van der Waals surface area (Å²) in [6.45, 7) is 3.46. The Labute approximate surface area is 108 Å². The summed E-state index contributed by atoms with van der Waals surface area (Å²) < 4.78 is 4.88. The normalized spacial score (nSPS) is 11.9. The van der Waals surface area contributed by atoms with E-state index in [0.717, 1.165) is 0 Å². The van der Waals surface area contributed by atoms with Crippen LogP contribution in [-0.2, 0) is 9.53 Å². The van der Waals surface area contributed by atoms with E-state index in [0.29, 0.717) is 5.56 Å². The molecule has 0 bridgehead atoms. The second-order valence-electron chi connectivity index (χ2n) is 3.50. The van der Waals surface area contributed by atoms with Crippen LogP contribution in [0.15, 0.2) is 18.2 Å². The first kappa shape index (κ1) is 13.7. The number of carbonyl (C=O) groups excluding carboxylic acids is 2. The van der Waals surface area contributed by atoms with E-state index in [9.17, 15) is 9.59 Å². The van der Waals surface area contributed by atoms with Gasteiger partial charge in [0.15, 0.2) is 0 Å². The van der Waals surface area contributed by atoms with Crippen LogP contribution in [0.2, 0.25) is 0 Å². The minimum atomic E-state index is -0.503. The predicted octanol–water partition coefficient (Wildman–Crippen LogP) is 2.47. The molecule has 2 N–H and O–H groups in total. The third-order valence-electron chi connectivity index (χ3n) is 2.27. The Morgan fingerprint density at radius 1 is 1.47 bits per heavy atom. The highest BCUT2D eigenvalue weighted by molar-refractivity contribution is 9.09. The number of nitrogens with two attached hydrogens (primary N) is 1. The van der Waals surface area contributed by atoms with E-state index in [1.54, 1.807) is 25.1 Å². The summed E-state index contributed by atoms with van der Waals surface area (Å²) in [6, 6.07) is 4.96. The zero-order chi connectivity index (χ0) is 13.0. The molecule has 1 atom stereocenters. The van der Waals surface area contributed by atoms with Crippen LogP contribution in [0.25, 0.3) is 0 Å². The number of carbonyl (C=O) groups is 2. The minimum absolute atomic E-state index is 0.0716. The lowest BCUT2D eigenvalue weighted by atomic mass is 10.0. The van der Waals surface area contributed by atoms with E-state index in [4.69, 9.17) is 10.5 Å². The smallest absolute Gasteiger partial charge is 0.340 e. The molecule has 17 heavy (non-hydrogen) atoms. The van der Waals surface area contributed by atoms with Crippen molar-refractivity contribution in [3.8, 4) is 0 Å². The van der Waals surface area contributed by atoms with Gasteiger partial charge < -0.3 is 10.5 Å². The molecular weight excluding hydrogens is 286 g/mol. The monoisotopic (exact) mass is 299 g/mol. The van der Waals surface area contributed by atoms with Gasteiger partial charge in [0.05, 0.1) is 22.7 Å². The summed E-state index contributed by atoms with van der Waals surface area (Å²) in [5, 5.41) is 0. The molecule has 0 heterocycles. The van der Waals surface area contributed by atoms with Gasteiger partial charge >= 0.3 is 5.97 Å². The van der Waals surface area contributed by atoms with E-state index >= 15 is 0 Å². The maximum absolute atomic E-state index is 11.6. The number of benzene rings is 1. The number of anilines is 1. The molecule has 0 amide bonds. The largest absolute Gasteiger partial charge is 0.462 e. The number of alkyl halides is 1. The maximum Gasteiger partial charge on any atom is 0.340 e. The maximum atomic E-state index is 11.6. The number of Topliss-reactive ketones (excluding diaryl/α,β-unsaturated/α-hetero) is 1. The zero-order valence-corrected chi connectivity index (χ0v) is 11.3. The summed E-state index contributed by atoms with van der Waals surface area (Å²) in [6.07, 6.45) is 0. The van der Waals surface area contributed by atoms with Crippen LogP contribution in [0.4, 0.5) is 5.69 Å². The van der Waals surface area contributed by atoms with Crippen molar-refractivity contribution in [2.24, 2.45) is 0 Å². The molecule has 0 fully saturated rings. The molecule has 0 aliphatic heterocycles. The van der Waals surface area contributed by atoms with Crippen LogP contribution in [0.5, 0.6) is 0 Å². The van der Waals surface area contributed by atoms with Crippen molar-refractivity contribution >= 4 is 33.4 Å². The van der Waals surface area contributed by atoms with Crippen molar-refractivity contribution in [2.75, 3.05) is 12.3 Å². The highest BCUT2D eigenvalue weighted by Gasteiger charge is 2.20. The van der Waals surface area contributed by atoms with Crippen LogP contribution in [-0.4, -0.2) is 18.4 Å². The van der Waals surface area contributed by atoms with Gasteiger partial charge in [-0.2, -0.15) is 0 Å². The molecule has 0 aliphatic carbocycles. The van der Waals surface area contributed by atoms with Crippen molar-refractivity contribution in [1.82, 2.24) is 0 Å². The van der Waals surface area contributed by atoms with Gasteiger partial charge in [-0.05, 0) is 25.5 Å². The lowest BCUT2D eigenvalue weighted by Crippen LogP contribution is -2.12. The molecule has 0 saturated heterocycles. The van der Waals surface area contributed by atoms with Gasteiger partial charge in [-0.3, -0.25) is 4.79 Å². The quantitative estimate of drug-likeness (QED) is 0.527. The summed E-state index contributed by atoms with van der Waals surface area (Å²) in [4.78, 5) is 22.4. The van der Waals surface area contributed by atoms with Crippen LogP contribution in [0, 0.1) is 0 Å². The Bertz CT molecular complexity index is 445. The van der Waals surface area contributed by atoms with E-state index in [1.165, 1.54) is 6.92 Å². The number of para-hydroxylation sites is 1. The second kappa shape index (κ2) is 5.82. The van der Waals surface area contributed by atoms with Crippen LogP contribution < -0.4 is 5.73 Å². The summed E-state index contributed by atoms with van der Waals surface area (Å²) >= 11 is 3.24. The van der Waals surface area contributed by atoms with Crippen molar-refractivity contribution < 1.29 is 14.3 Å². The SMILES string of the molecule is CCOC(=O)c1cccc(C(Br)C(C)=O)c1N. The van der Waals surface area contributed by atoms with Gasteiger partial charge in [0.25, 0.3) is 0 Å². The first-order chi connectivity index (χ1) is 7.99. The molecule has 0 aliphatic rings. The number of rotatable bonds is 4. The van der Waals surface area contributed by atoms with Crippen LogP contribution in [0.1, 0.15) is 34.6 Å². The third kappa shape index (κ3) is 3.06. The van der Waals surface area contributed by atoms with Gasteiger partial charge in [-0.15, -0.1) is 0 Å². The van der Waals surface area contributed by atoms with Gasteiger partial charge in [-0.25, -0.2) is 4.79 Å². The average Bonchev–Trinajstić information content (AvgIpc) is 2.28. The Morgan fingerprint density at radius 3 is 2.65 bits per heavy atom. The topological polar surface area (TPSA) is 69.4 Å². The lowest BCUT2D eigenvalue weighted by molar-refractivity contribution is -0.116. The molecule has 5 heteroatoms. The van der Waals surface area contributed by atoms with Crippen LogP contribution >= 0.6 is 15.9 Å². The van der Waals surface area contributed by atoms with Gasteiger partial charge in [-0.1, -0.05) is 28.1 Å². The van der Waals surface area contributed by atoms with Crippen molar-refractivity contribution in [3.63, 3.8) is 0 Å². The fraction of sp³-hybridized carbons (Fsp3) is 0.333. The van der Waals surface area contributed by atoms with Gasteiger partial charge in [0.1, 0.15) is 5.78 Å². The minimum Gasteiger partial charge on any atom is -0.462 e. The number of nitrogen functional groups attached to an aromatic ring is 1. The summed E-state index contributed by atoms with van der Waals surface area (Å²) in [5.74, 6) is -0.548. The molecule has 4 nitrogen and oxygen atoms in total. The van der Waals surface area contributed by atoms with Gasteiger partial charge in [0.2, 0.25) is 0 Å². The van der Waals surface area contributed by atoms with Crippen molar-refractivity contribution in [1.29, 1.82) is 0 Å². The average molecular weight is 300 g/mol. The van der Waals surface area contributed by atoms with Crippen LogP contribution in [0.3, 0.4) is 0 Å². The molecule has 92 valence electrons. The fourth-order valence-electron chi connectivity index (χ4n) is 1.41. The summed E-state index contributed by atoms with van der Waals surface area (Å²) in [5.41, 5.74) is 7.02. The number of halogens is 1. The van der Waals surface area contributed by atoms with Gasteiger partial charge in [0, 0.05) is 0 Å². The van der Waals surface area contributed by atoms with E-state index < -0.39 is 10.8 Å². The van der Waals surface area contributed by atoms with E-state index in [-0.39, 0.29) is 23.6 Å². The Balaban J connectivity index is 3.15. The highest BCUT2D eigenvalue weighted by atomic mass is 79.9. The van der Waals surface area contributed by atoms with Crippen molar-refractivity contribution in [2.45, 2.75) is 18.7 Å². The second-order valence-corrected chi connectivity index (χ2v) is 4.42. The number of hydrogen-bond acceptors (Lipinski definition) is 4. The fourth-order valence-corrected chi connectivity index (χ4v) is 1.81. The Kier molecular flexibility index (Phi) is 4.69. The molecule has 0 spiro atoms. The molecule has 0 saturated carbocycles. The molecule has 1 rings (SSSR count). The number of esters is 1. The molecule has 0 aromatic heterocycles. The standard InChI is InChI=1S/C12H14BrNO3/c1-3-17-12(16)9-6-4-5-8(11(9)14)10(13)7(2)15/h4-6,10H,3,14H2,1-2H3.